The maximum absolute atomic E-state index is 5.81. The zero-order valence-electron chi connectivity index (χ0n) is 10.0. The molecule has 0 bridgehead atoms. The number of hydrogen-bond acceptors (Lipinski definition) is 6. The summed E-state index contributed by atoms with van der Waals surface area (Å²) >= 11 is 0. The quantitative estimate of drug-likeness (QED) is 0.763. The molecule has 3 aromatic rings. The second-order valence-corrected chi connectivity index (χ2v) is 4.02. The van der Waals surface area contributed by atoms with Crippen LogP contribution in [0.3, 0.4) is 0 Å². The summed E-state index contributed by atoms with van der Waals surface area (Å²) < 4.78 is 5.21. The largest absolute Gasteiger partial charge is 0.397 e. The van der Waals surface area contributed by atoms with Gasteiger partial charge in [0.15, 0.2) is 5.82 Å². The van der Waals surface area contributed by atoms with Crippen LogP contribution < -0.4 is 5.73 Å². The van der Waals surface area contributed by atoms with E-state index in [0.717, 1.165) is 5.56 Å². The average Bonchev–Trinajstić information content (AvgIpc) is 2.89. The monoisotopic (exact) mass is 253 g/mol. The molecule has 3 aromatic heterocycles. The zero-order chi connectivity index (χ0) is 13.1. The Morgan fingerprint density at radius 3 is 2.79 bits per heavy atom. The predicted octanol–water partition coefficient (Wildman–Crippen LogP) is 1.70. The summed E-state index contributed by atoms with van der Waals surface area (Å²) in [5.41, 5.74) is 8.05. The molecule has 19 heavy (non-hydrogen) atoms. The van der Waals surface area contributed by atoms with E-state index in [-0.39, 0.29) is 0 Å². The highest BCUT2D eigenvalue weighted by Crippen LogP contribution is 2.22. The van der Waals surface area contributed by atoms with Gasteiger partial charge in [0.25, 0.3) is 5.89 Å². The van der Waals surface area contributed by atoms with Crippen molar-refractivity contribution in [3.63, 3.8) is 0 Å². The minimum absolute atomic E-state index is 0.402. The van der Waals surface area contributed by atoms with Crippen molar-refractivity contribution < 1.29 is 4.52 Å². The predicted molar refractivity (Wildman–Crippen MR) is 69.0 cm³/mol. The van der Waals surface area contributed by atoms with E-state index in [2.05, 4.69) is 20.1 Å². The number of nitrogens with zero attached hydrogens (tertiary/aromatic N) is 4. The van der Waals surface area contributed by atoms with Crippen LogP contribution in [-0.2, 0) is 6.42 Å². The smallest absolute Gasteiger partial charge is 0.260 e. The number of aromatic nitrogens is 4. The Morgan fingerprint density at radius 1 is 1.11 bits per heavy atom. The molecule has 0 unspecified atom stereocenters. The molecular formula is C13H11N5O. The summed E-state index contributed by atoms with van der Waals surface area (Å²) in [4.78, 5) is 12.3. The van der Waals surface area contributed by atoms with Crippen molar-refractivity contribution >= 4 is 5.69 Å². The molecule has 0 aliphatic carbocycles. The van der Waals surface area contributed by atoms with Gasteiger partial charge in [-0.1, -0.05) is 11.2 Å². The van der Waals surface area contributed by atoms with Crippen molar-refractivity contribution in [3.05, 3.63) is 54.4 Å². The second-order valence-electron chi connectivity index (χ2n) is 4.02. The van der Waals surface area contributed by atoms with Crippen molar-refractivity contribution in [1.29, 1.82) is 0 Å². The van der Waals surface area contributed by atoms with Gasteiger partial charge >= 0.3 is 0 Å². The lowest BCUT2D eigenvalue weighted by Crippen LogP contribution is -1.93. The molecule has 0 aliphatic rings. The van der Waals surface area contributed by atoms with E-state index >= 15 is 0 Å². The number of pyridine rings is 2. The molecule has 0 saturated carbocycles. The zero-order valence-corrected chi connectivity index (χ0v) is 10.0. The Balaban J connectivity index is 1.86. The van der Waals surface area contributed by atoms with Crippen molar-refractivity contribution in [2.45, 2.75) is 6.42 Å². The number of anilines is 1. The molecular weight excluding hydrogens is 242 g/mol. The van der Waals surface area contributed by atoms with Crippen LogP contribution in [0.4, 0.5) is 5.69 Å². The van der Waals surface area contributed by atoms with Crippen LogP contribution in [-0.4, -0.2) is 20.1 Å². The highest BCUT2D eigenvalue weighted by atomic mass is 16.5. The van der Waals surface area contributed by atoms with Crippen LogP contribution in [0.2, 0.25) is 0 Å². The second kappa shape index (κ2) is 4.85. The maximum Gasteiger partial charge on any atom is 0.260 e. The van der Waals surface area contributed by atoms with Gasteiger partial charge in [0.05, 0.1) is 17.4 Å². The first kappa shape index (κ1) is 11.3. The summed E-state index contributed by atoms with van der Waals surface area (Å²) in [7, 11) is 0. The fourth-order valence-electron chi connectivity index (χ4n) is 1.72. The van der Waals surface area contributed by atoms with Crippen LogP contribution in [0.15, 0.2) is 47.5 Å². The molecule has 0 aromatic carbocycles. The van der Waals surface area contributed by atoms with E-state index in [0.29, 0.717) is 29.4 Å². The Labute approximate surface area is 109 Å². The Morgan fingerprint density at radius 2 is 2.00 bits per heavy atom. The third-order valence-electron chi connectivity index (χ3n) is 2.64. The van der Waals surface area contributed by atoms with Crippen LogP contribution in [0.5, 0.6) is 0 Å². The van der Waals surface area contributed by atoms with E-state index in [1.54, 1.807) is 30.9 Å². The minimum Gasteiger partial charge on any atom is -0.397 e. The molecule has 0 fully saturated rings. The Kier molecular flexibility index (Phi) is 2.89. The number of nitrogens with two attached hydrogens (primary N) is 1. The van der Waals surface area contributed by atoms with Gasteiger partial charge in [-0.05, 0) is 17.7 Å². The molecule has 0 atom stereocenters. The van der Waals surface area contributed by atoms with Gasteiger partial charge in [-0.15, -0.1) is 0 Å². The summed E-state index contributed by atoms with van der Waals surface area (Å²) in [5.74, 6) is 0.998. The van der Waals surface area contributed by atoms with Gasteiger partial charge in [0, 0.05) is 25.0 Å². The molecule has 6 nitrogen and oxygen atoms in total. The molecule has 94 valence electrons. The van der Waals surface area contributed by atoms with Gasteiger partial charge in [-0.3, -0.25) is 9.97 Å². The fraction of sp³-hybridized carbons (Fsp3) is 0.0769. The topological polar surface area (TPSA) is 90.7 Å². The van der Waals surface area contributed by atoms with E-state index in [9.17, 15) is 0 Å². The van der Waals surface area contributed by atoms with E-state index in [1.165, 1.54) is 0 Å². The molecule has 6 heteroatoms. The van der Waals surface area contributed by atoms with E-state index in [4.69, 9.17) is 10.3 Å². The lowest BCUT2D eigenvalue weighted by molar-refractivity contribution is 0.424. The standard InChI is InChI=1S/C13H11N5O/c14-11-8-16-5-3-10(11)13-17-12(18-19-13)6-9-2-1-4-15-7-9/h1-5,7-8H,6,14H2. The van der Waals surface area contributed by atoms with Crippen LogP contribution in [0.1, 0.15) is 11.4 Å². The lowest BCUT2D eigenvalue weighted by atomic mass is 10.2. The normalized spacial score (nSPS) is 10.5. The molecule has 3 rings (SSSR count). The van der Waals surface area contributed by atoms with Gasteiger partial charge < -0.3 is 10.3 Å². The number of rotatable bonds is 3. The summed E-state index contributed by atoms with van der Waals surface area (Å²) in [6.45, 7) is 0. The van der Waals surface area contributed by atoms with Crippen LogP contribution in [0.25, 0.3) is 11.5 Å². The van der Waals surface area contributed by atoms with E-state index < -0.39 is 0 Å². The molecule has 3 heterocycles. The highest BCUT2D eigenvalue weighted by molar-refractivity contribution is 5.68. The Hall–Kier alpha value is -2.76. The van der Waals surface area contributed by atoms with Gasteiger partial charge in [-0.2, -0.15) is 4.98 Å². The van der Waals surface area contributed by atoms with Crippen LogP contribution >= 0.6 is 0 Å². The molecule has 0 amide bonds. The molecule has 0 aliphatic heterocycles. The Bertz CT molecular complexity index is 680. The molecule has 0 saturated heterocycles. The fourth-order valence-corrected chi connectivity index (χ4v) is 1.72. The van der Waals surface area contributed by atoms with Crippen molar-refractivity contribution in [2.24, 2.45) is 0 Å². The van der Waals surface area contributed by atoms with Gasteiger partial charge in [0.2, 0.25) is 0 Å². The highest BCUT2D eigenvalue weighted by Gasteiger charge is 2.11. The van der Waals surface area contributed by atoms with Crippen LogP contribution in [0, 0.1) is 0 Å². The third-order valence-corrected chi connectivity index (χ3v) is 2.64. The summed E-state index contributed by atoms with van der Waals surface area (Å²) in [6, 6.07) is 5.58. The number of nitrogen functional groups attached to an aromatic ring is 1. The summed E-state index contributed by atoms with van der Waals surface area (Å²) in [6.07, 6.45) is 7.26. The van der Waals surface area contributed by atoms with Crippen molar-refractivity contribution in [3.8, 4) is 11.5 Å². The van der Waals surface area contributed by atoms with Gasteiger partial charge in [-0.25, -0.2) is 0 Å². The van der Waals surface area contributed by atoms with Crippen molar-refractivity contribution in [1.82, 2.24) is 20.1 Å². The first-order chi connectivity index (χ1) is 9.33. The minimum atomic E-state index is 0.402. The average molecular weight is 253 g/mol. The first-order valence-electron chi connectivity index (χ1n) is 5.74. The van der Waals surface area contributed by atoms with E-state index in [1.807, 2.05) is 12.1 Å². The first-order valence-corrected chi connectivity index (χ1v) is 5.74. The molecule has 0 spiro atoms. The van der Waals surface area contributed by atoms with Gasteiger partial charge in [0.1, 0.15) is 0 Å². The molecule has 2 N–H and O–H groups in total. The lowest BCUT2D eigenvalue weighted by Gasteiger charge is -1.97. The number of hydrogen-bond donors (Lipinski definition) is 1. The molecule has 0 radical (unpaired) electrons. The van der Waals surface area contributed by atoms with Crippen molar-refractivity contribution in [2.75, 3.05) is 5.73 Å². The SMILES string of the molecule is Nc1cnccc1-c1nc(Cc2cccnc2)no1. The maximum atomic E-state index is 5.81. The summed E-state index contributed by atoms with van der Waals surface area (Å²) in [5, 5.41) is 3.94. The third kappa shape index (κ3) is 2.42.